The Morgan fingerprint density at radius 1 is 1.24 bits per heavy atom. The number of nitrogens with one attached hydrogen (secondary N) is 1. The van der Waals surface area contributed by atoms with Gasteiger partial charge in [-0.3, -0.25) is 4.79 Å². The van der Waals surface area contributed by atoms with E-state index in [1.807, 2.05) is 0 Å². The average Bonchev–Trinajstić information content (AvgIpc) is 2.97. The van der Waals surface area contributed by atoms with Crippen molar-refractivity contribution in [3.05, 3.63) is 64.7 Å². The molecule has 25 heavy (non-hydrogen) atoms. The van der Waals surface area contributed by atoms with Gasteiger partial charge in [-0.25, -0.2) is 9.07 Å². The number of carbonyl (C=O) groups excluding carboxylic acids is 1. The lowest BCUT2D eigenvalue weighted by Crippen LogP contribution is -2.14. The number of nitrogens with zero attached hydrogens (tertiary/aromatic N) is 3. The molecule has 0 spiro atoms. The van der Waals surface area contributed by atoms with Crippen LogP contribution in [0, 0.1) is 12.7 Å². The summed E-state index contributed by atoms with van der Waals surface area (Å²) in [5.74, 6) is -0.263. The second kappa shape index (κ2) is 6.90. The Bertz CT molecular complexity index is 925. The Kier molecular flexibility index (Phi) is 4.67. The monoisotopic (exact) mass is 360 g/mol. The van der Waals surface area contributed by atoms with Crippen LogP contribution in [-0.2, 0) is 0 Å². The topological polar surface area (TPSA) is 69.0 Å². The molecule has 8 heteroatoms. The van der Waals surface area contributed by atoms with E-state index in [0.29, 0.717) is 27.8 Å². The van der Waals surface area contributed by atoms with Crippen LogP contribution in [0.5, 0.6) is 5.75 Å². The van der Waals surface area contributed by atoms with E-state index in [2.05, 4.69) is 15.6 Å². The molecule has 6 nitrogen and oxygen atoms in total. The first-order valence-electron chi connectivity index (χ1n) is 7.32. The SMILES string of the molecule is COc1ccc(NC(=O)c2nnn(-c3ccc(F)cc3)c2C)cc1Cl. The fraction of sp³-hybridized carbons (Fsp3) is 0.118. The lowest BCUT2D eigenvalue weighted by atomic mass is 10.2. The van der Waals surface area contributed by atoms with Crippen molar-refractivity contribution in [3.8, 4) is 11.4 Å². The number of rotatable bonds is 4. The lowest BCUT2D eigenvalue weighted by Gasteiger charge is -2.07. The average molecular weight is 361 g/mol. The van der Waals surface area contributed by atoms with Gasteiger partial charge in [-0.05, 0) is 49.4 Å². The minimum absolute atomic E-state index is 0.163. The van der Waals surface area contributed by atoms with Crippen LogP contribution in [0.4, 0.5) is 10.1 Å². The summed E-state index contributed by atoms with van der Waals surface area (Å²) in [5, 5.41) is 11.0. The van der Waals surface area contributed by atoms with Gasteiger partial charge in [0.05, 0.1) is 23.5 Å². The van der Waals surface area contributed by atoms with Crippen LogP contribution < -0.4 is 10.1 Å². The zero-order chi connectivity index (χ0) is 18.0. The summed E-state index contributed by atoms with van der Waals surface area (Å²) in [5.41, 5.74) is 1.81. The van der Waals surface area contributed by atoms with Crippen molar-refractivity contribution in [2.24, 2.45) is 0 Å². The first kappa shape index (κ1) is 16.9. The Morgan fingerprint density at radius 3 is 2.60 bits per heavy atom. The predicted octanol–water partition coefficient (Wildman–Crippen LogP) is 3.63. The van der Waals surface area contributed by atoms with Crippen LogP contribution in [0.15, 0.2) is 42.5 Å². The van der Waals surface area contributed by atoms with E-state index < -0.39 is 5.91 Å². The highest BCUT2D eigenvalue weighted by atomic mass is 35.5. The summed E-state index contributed by atoms with van der Waals surface area (Å²) in [6.07, 6.45) is 0. The Balaban J connectivity index is 1.83. The van der Waals surface area contributed by atoms with Crippen LogP contribution in [0.3, 0.4) is 0 Å². The molecule has 0 aliphatic rings. The van der Waals surface area contributed by atoms with Gasteiger partial charge in [-0.1, -0.05) is 16.8 Å². The van der Waals surface area contributed by atoms with Crippen molar-refractivity contribution < 1.29 is 13.9 Å². The van der Waals surface area contributed by atoms with Gasteiger partial charge < -0.3 is 10.1 Å². The zero-order valence-corrected chi connectivity index (χ0v) is 14.2. The van der Waals surface area contributed by atoms with E-state index in [9.17, 15) is 9.18 Å². The molecule has 0 unspecified atom stereocenters. The Hall–Kier alpha value is -2.93. The molecule has 2 aromatic carbocycles. The van der Waals surface area contributed by atoms with Gasteiger partial charge in [0.15, 0.2) is 5.69 Å². The van der Waals surface area contributed by atoms with E-state index in [1.165, 1.54) is 23.9 Å². The Labute approximate surface area is 148 Å². The number of hydrogen-bond donors (Lipinski definition) is 1. The molecule has 1 aromatic heterocycles. The minimum Gasteiger partial charge on any atom is -0.495 e. The molecular weight excluding hydrogens is 347 g/mol. The molecule has 1 amide bonds. The third-order valence-electron chi connectivity index (χ3n) is 3.59. The van der Waals surface area contributed by atoms with Gasteiger partial charge in [0.25, 0.3) is 5.91 Å². The molecule has 3 rings (SSSR count). The zero-order valence-electron chi connectivity index (χ0n) is 13.5. The van der Waals surface area contributed by atoms with Gasteiger partial charge >= 0.3 is 0 Å². The van der Waals surface area contributed by atoms with E-state index in [0.717, 1.165) is 0 Å². The first-order valence-corrected chi connectivity index (χ1v) is 7.70. The van der Waals surface area contributed by atoms with Crippen LogP contribution in [0.2, 0.25) is 5.02 Å². The maximum atomic E-state index is 13.0. The van der Waals surface area contributed by atoms with Crippen molar-refractivity contribution in [2.75, 3.05) is 12.4 Å². The van der Waals surface area contributed by atoms with E-state index in [1.54, 1.807) is 37.3 Å². The molecule has 0 fully saturated rings. The third-order valence-corrected chi connectivity index (χ3v) is 3.89. The number of amides is 1. The van der Waals surface area contributed by atoms with Crippen molar-refractivity contribution in [2.45, 2.75) is 6.92 Å². The van der Waals surface area contributed by atoms with Crippen LogP contribution in [0.1, 0.15) is 16.2 Å². The van der Waals surface area contributed by atoms with Crippen LogP contribution >= 0.6 is 11.6 Å². The van der Waals surface area contributed by atoms with Crippen molar-refractivity contribution >= 4 is 23.2 Å². The molecule has 0 aliphatic carbocycles. The summed E-state index contributed by atoms with van der Waals surface area (Å²) in [6, 6.07) is 10.6. The number of ether oxygens (including phenoxy) is 1. The summed E-state index contributed by atoms with van der Waals surface area (Å²) < 4.78 is 19.6. The van der Waals surface area contributed by atoms with Crippen molar-refractivity contribution in [1.29, 1.82) is 0 Å². The smallest absolute Gasteiger partial charge is 0.278 e. The molecule has 0 saturated carbocycles. The van der Waals surface area contributed by atoms with Gasteiger partial charge in [-0.2, -0.15) is 0 Å². The van der Waals surface area contributed by atoms with Crippen molar-refractivity contribution in [1.82, 2.24) is 15.0 Å². The van der Waals surface area contributed by atoms with Gasteiger partial charge in [0, 0.05) is 5.69 Å². The fourth-order valence-corrected chi connectivity index (χ4v) is 2.56. The second-order valence-electron chi connectivity index (χ2n) is 5.22. The molecule has 0 bridgehead atoms. The Morgan fingerprint density at radius 2 is 1.96 bits per heavy atom. The molecule has 0 radical (unpaired) electrons. The number of carbonyl (C=O) groups is 1. The quantitative estimate of drug-likeness (QED) is 0.771. The summed E-state index contributed by atoms with van der Waals surface area (Å²) in [4.78, 5) is 12.4. The van der Waals surface area contributed by atoms with Crippen LogP contribution in [-0.4, -0.2) is 28.0 Å². The highest BCUT2D eigenvalue weighted by Crippen LogP contribution is 2.27. The lowest BCUT2D eigenvalue weighted by molar-refractivity contribution is 0.102. The number of hydrogen-bond acceptors (Lipinski definition) is 4. The highest BCUT2D eigenvalue weighted by molar-refractivity contribution is 6.32. The molecule has 0 saturated heterocycles. The molecule has 1 N–H and O–H groups in total. The van der Waals surface area contributed by atoms with Crippen LogP contribution in [0.25, 0.3) is 5.69 Å². The molecule has 3 aromatic rings. The summed E-state index contributed by atoms with van der Waals surface area (Å²) >= 11 is 6.05. The van der Waals surface area contributed by atoms with Crippen molar-refractivity contribution in [3.63, 3.8) is 0 Å². The van der Waals surface area contributed by atoms with E-state index >= 15 is 0 Å². The molecule has 1 heterocycles. The number of benzene rings is 2. The molecule has 128 valence electrons. The maximum absolute atomic E-state index is 13.0. The second-order valence-corrected chi connectivity index (χ2v) is 5.62. The standard InChI is InChI=1S/C17H14ClFN4O2/c1-10-16(21-22-23(10)13-6-3-11(19)4-7-13)17(24)20-12-5-8-15(25-2)14(18)9-12/h3-9H,1-2H3,(H,20,24). The summed E-state index contributed by atoms with van der Waals surface area (Å²) in [6.45, 7) is 1.71. The fourth-order valence-electron chi connectivity index (χ4n) is 2.30. The largest absolute Gasteiger partial charge is 0.495 e. The molecule has 0 atom stereocenters. The highest BCUT2D eigenvalue weighted by Gasteiger charge is 2.18. The third kappa shape index (κ3) is 3.46. The maximum Gasteiger partial charge on any atom is 0.278 e. The van der Waals surface area contributed by atoms with Gasteiger partial charge in [0.2, 0.25) is 0 Å². The summed E-state index contributed by atoms with van der Waals surface area (Å²) in [7, 11) is 1.51. The first-order chi connectivity index (χ1) is 12.0. The predicted molar refractivity (Wildman–Crippen MR) is 92.0 cm³/mol. The number of halogens is 2. The molecule has 0 aliphatic heterocycles. The van der Waals surface area contributed by atoms with Gasteiger partial charge in [-0.15, -0.1) is 5.10 Å². The van der Waals surface area contributed by atoms with Gasteiger partial charge in [0.1, 0.15) is 11.6 Å². The van der Waals surface area contributed by atoms with E-state index in [-0.39, 0.29) is 11.5 Å². The molecular formula is C17H14ClFN4O2. The number of anilines is 1. The number of methoxy groups -OCH3 is 1. The normalized spacial score (nSPS) is 10.6. The minimum atomic E-state index is -0.424. The van der Waals surface area contributed by atoms with E-state index in [4.69, 9.17) is 16.3 Å². The number of aromatic nitrogens is 3.